The molecule has 1 amide bonds. The molecule has 7 heteroatoms. The summed E-state index contributed by atoms with van der Waals surface area (Å²) in [4.78, 5) is 15.0. The molecule has 1 aliphatic rings. The summed E-state index contributed by atoms with van der Waals surface area (Å²) in [6.07, 6.45) is 2.29. The summed E-state index contributed by atoms with van der Waals surface area (Å²) in [6, 6.07) is 18.9. The number of benzene rings is 3. The highest BCUT2D eigenvalue weighted by Gasteiger charge is 2.36. The van der Waals surface area contributed by atoms with Crippen LogP contribution in [0.2, 0.25) is 10.0 Å². The molecule has 3 aromatic rings. The number of hydrogen-bond donors (Lipinski definition) is 1. The maximum atomic E-state index is 12.7. The lowest BCUT2D eigenvalue weighted by molar-refractivity contribution is -0.124. The van der Waals surface area contributed by atoms with Crippen molar-refractivity contribution in [2.24, 2.45) is 5.73 Å². The maximum Gasteiger partial charge on any atom is 0.239 e. The van der Waals surface area contributed by atoms with Crippen LogP contribution in [0.25, 0.3) is 0 Å². The van der Waals surface area contributed by atoms with Crippen molar-refractivity contribution in [1.82, 2.24) is 4.90 Å². The zero-order valence-electron chi connectivity index (χ0n) is 19.3. The standard InChI is InChI=1S/C27H28Cl2N2O3/c1-33-24-15-19-12-13-31(26(27(30)32)18-6-4-3-5-7-18)23(20(19)16-25(24)34-2)11-9-17-8-10-21(28)22(29)14-17/h3-8,10,14-16,23,26H,9,11-13H2,1-2H3,(H2,30,32)/t23-,26?/m0/s1. The van der Waals surface area contributed by atoms with Crippen molar-refractivity contribution >= 4 is 29.1 Å². The van der Waals surface area contributed by atoms with Gasteiger partial charge in [0.05, 0.1) is 24.3 Å². The summed E-state index contributed by atoms with van der Waals surface area (Å²) in [5.41, 5.74) is 10.2. The molecule has 4 rings (SSSR count). The summed E-state index contributed by atoms with van der Waals surface area (Å²) in [5.74, 6) is 1.00. The Morgan fingerprint density at radius 1 is 1.03 bits per heavy atom. The Balaban J connectivity index is 1.75. The highest BCUT2D eigenvalue weighted by atomic mass is 35.5. The first-order valence-corrected chi connectivity index (χ1v) is 12.0. The van der Waals surface area contributed by atoms with Crippen LogP contribution in [0.1, 0.15) is 40.8 Å². The van der Waals surface area contributed by atoms with Gasteiger partial charge in [0.25, 0.3) is 0 Å². The fourth-order valence-corrected chi connectivity index (χ4v) is 5.15. The minimum atomic E-state index is -0.541. The van der Waals surface area contributed by atoms with E-state index < -0.39 is 6.04 Å². The van der Waals surface area contributed by atoms with Crippen molar-refractivity contribution in [2.75, 3.05) is 20.8 Å². The SMILES string of the molecule is COc1cc2c(cc1OC)[C@H](CCc1ccc(Cl)c(Cl)c1)N(C(C(N)=O)c1ccccc1)CC2. The van der Waals surface area contributed by atoms with E-state index in [1.165, 1.54) is 5.56 Å². The fourth-order valence-electron chi connectivity index (χ4n) is 4.83. The van der Waals surface area contributed by atoms with Crippen molar-refractivity contribution in [3.63, 3.8) is 0 Å². The second-order valence-electron chi connectivity index (χ2n) is 8.41. The number of amides is 1. The normalized spacial score (nSPS) is 16.5. The Bertz CT molecular complexity index is 1170. The van der Waals surface area contributed by atoms with Crippen LogP contribution in [0.4, 0.5) is 0 Å². The third-order valence-electron chi connectivity index (χ3n) is 6.45. The molecule has 1 heterocycles. The number of hydrogen-bond acceptors (Lipinski definition) is 4. The fraction of sp³-hybridized carbons (Fsp3) is 0.296. The Hall–Kier alpha value is -2.73. The highest BCUT2D eigenvalue weighted by molar-refractivity contribution is 6.42. The monoisotopic (exact) mass is 498 g/mol. The van der Waals surface area contributed by atoms with Crippen LogP contribution < -0.4 is 15.2 Å². The van der Waals surface area contributed by atoms with Gasteiger partial charge >= 0.3 is 0 Å². The number of halogens is 2. The van der Waals surface area contributed by atoms with Gasteiger partial charge in [-0.2, -0.15) is 0 Å². The highest BCUT2D eigenvalue weighted by Crippen LogP contribution is 2.43. The van der Waals surface area contributed by atoms with E-state index in [1.807, 2.05) is 60.7 Å². The van der Waals surface area contributed by atoms with E-state index in [0.29, 0.717) is 28.1 Å². The van der Waals surface area contributed by atoms with Crippen LogP contribution in [-0.2, 0) is 17.6 Å². The average molecular weight is 499 g/mol. The predicted octanol–water partition coefficient (Wildman–Crippen LogP) is 5.77. The number of carbonyl (C=O) groups is 1. The molecule has 0 bridgehead atoms. The van der Waals surface area contributed by atoms with Gasteiger partial charge in [0.1, 0.15) is 6.04 Å². The van der Waals surface area contributed by atoms with Gasteiger partial charge in [-0.1, -0.05) is 59.6 Å². The van der Waals surface area contributed by atoms with Crippen LogP contribution in [0, 0.1) is 0 Å². The van der Waals surface area contributed by atoms with E-state index in [0.717, 1.165) is 36.0 Å². The van der Waals surface area contributed by atoms with Crippen LogP contribution in [-0.4, -0.2) is 31.6 Å². The number of nitrogens with zero attached hydrogens (tertiary/aromatic N) is 1. The van der Waals surface area contributed by atoms with Crippen LogP contribution in [0.5, 0.6) is 11.5 Å². The van der Waals surface area contributed by atoms with Crippen molar-refractivity contribution in [3.05, 3.63) is 93.0 Å². The van der Waals surface area contributed by atoms with Crippen LogP contribution >= 0.6 is 23.2 Å². The molecule has 0 aliphatic carbocycles. The molecule has 0 saturated heterocycles. The summed E-state index contributed by atoms with van der Waals surface area (Å²) >= 11 is 12.4. The zero-order valence-corrected chi connectivity index (χ0v) is 20.8. The van der Waals surface area contributed by atoms with E-state index in [9.17, 15) is 4.79 Å². The second kappa shape index (κ2) is 10.7. The van der Waals surface area contributed by atoms with Gasteiger partial charge in [-0.3, -0.25) is 9.69 Å². The molecule has 0 aromatic heterocycles. The van der Waals surface area contributed by atoms with Gasteiger partial charge in [0, 0.05) is 12.6 Å². The summed E-state index contributed by atoms with van der Waals surface area (Å²) in [7, 11) is 3.27. The predicted molar refractivity (Wildman–Crippen MR) is 136 cm³/mol. The molecule has 3 aromatic carbocycles. The molecule has 2 atom stereocenters. The number of methoxy groups -OCH3 is 2. The molecule has 0 spiro atoms. The van der Waals surface area contributed by atoms with E-state index in [2.05, 4.69) is 4.90 Å². The first-order valence-electron chi connectivity index (χ1n) is 11.2. The third-order valence-corrected chi connectivity index (χ3v) is 7.19. The Labute approximate surface area is 210 Å². The lowest BCUT2D eigenvalue weighted by Crippen LogP contribution is -2.44. The molecular weight excluding hydrogens is 471 g/mol. The van der Waals surface area contributed by atoms with E-state index >= 15 is 0 Å². The first kappa shape index (κ1) is 24.4. The number of aryl methyl sites for hydroxylation is 1. The summed E-state index contributed by atoms with van der Waals surface area (Å²) in [6.45, 7) is 0.691. The number of carbonyl (C=O) groups excluding carboxylic acids is 1. The molecule has 0 fully saturated rings. The van der Waals surface area contributed by atoms with Gasteiger partial charge in [0.2, 0.25) is 5.91 Å². The Morgan fingerprint density at radius 2 is 1.74 bits per heavy atom. The topological polar surface area (TPSA) is 64.8 Å². The minimum absolute atomic E-state index is 0.0595. The summed E-state index contributed by atoms with van der Waals surface area (Å²) in [5, 5.41) is 1.07. The minimum Gasteiger partial charge on any atom is -0.493 e. The number of primary amides is 1. The van der Waals surface area contributed by atoms with Crippen molar-refractivity contribution < 1.29 is 14.3 Å². The van der Waals surface area contributed by atoms with E-state index in [4.69, 9.17) is 38.4 Å². The molecule has 1 aliphatic heterocycles. The quantitative estimate of drug-likeness (QED) is 0.428. The molecule has 5 nitrogen and oxygen atoms in total. The molecule has 0 radical (unpaired) electrons. The first-order chi connectivity index (χ1) is 16.4. The zero-order chi connectivity index (χ0) is 24.2. The molecule has 0 saturated carbocycles. The molecule has 1 unspecified atom stereocenters. The molecular formula is C27H28Cl2N2O3. The molecule has 2 N–H and O–H groups in total. The average Bonchev–Trinajstić information content (AvgIpc) is 2.84. The van der Waals surface area contributed by atoms with Gasteiger partial charge < -0.3 is 15.2 Å². The van der Waals surface area contributed by atoms with Crippen molar-refractivity contribution in [3.8, 4) is 11.5 Å². The third kappa shape index (κ3) is 5.02. The second-order valence-corrected chi connectivity index (χ2v) is 9.23. The van der Waals surface area contributed by atoms with Crippen molar-refractivity contribution in [2.45, 2.75) is 31.3 Å². The van der Waals surface area contributed by atoms with Crippen LogP contribution in [0.3, 0.4) is 0 Å². The lowest BCUT2D eigenvalue weighted by Gasteiger charge is -2.41. The lowest BCUT2D eigenvalue weighted by atomic mass is 9.86. The smallest absolute Gasteiger partial charge is 0.239 e. The summed E-state index contributed by atoms with van der Waals surface area (Å²) < 4.78 is 11.1. The number of ether oxygens (including phenoxy) is 2. The van der Waals surface area contributed by atoms with Gasteiger partial charge in [-0.15, -0.1) is 0 Å². The van der Waals surface area contributed by atoms with E-state index in [1.54, 1.807) is 14.2 Å². The van der Waals surface area contributed by atoms with Gasteiger partial charge in [0.15, 0.2) is 11.5 Å². The van der Waals surface area contributed by atoms with Gasteiger partial charge in [-0.25, -0.2) is 0 Å². The van der Waals surface area contributed by atoms with Crippen LogP contribution in [0.15, 0.2) is 60.7 Å². The largest absolute Gasteiger partial charge is 0.493 e. The van der Waals surface area contributed by atoms with Gasteiger partial charge in [-0.05, 0) is 65.8 Å². The van der Waals surface area contributed by atoms with Crippen molar-refractivity contribution in [1.29, 1.82) is 0 Å². The number of nitrogens with two attached hydrogens (primary N) is 1. The Morgan fingerprint density at radius 3 is 2.38 bits per heavy atom. The number of fused-ring (bicyclic) bond motifs is 1. The Kier molecular flexibility index (Phi) is 7.67. The molecule has 178 valence electrons. The molecule has 34 heavy (non-hydrogen) atoms. The maximum absolute atomic E-state index is 12.7. The number of rotatable bonds is 8. The van der Waals surface area contributed by atoms with E-state index in [-0.39, 0.29) is 11.9 Å².